The van der Waals surface area contributed by atoms with Gasteiger partial charge in [0.2, 0.25) is 0 Å². The first-order valence-electron chi connectivity index (χ1n) is 5.87. The zero-order chi connectivity index (χ0) is 13.3. The second-order valence-electron chi connectivity index (χ2n) is 4.73. The van der Waals surface area contributed by atoms with Gasteiger partial charge in [-0.15, -0.1) is 0 Å². The molecule has 0 bridgehead atoms. The van der Waals surface area contributed by atoms with E-state index in [0.29, 0.717) is 13.0 Å². The molecule has 5 nitrogen and oxygen atoms in total. The zero-order valence-electron chi connectivity index (χ0n) is 10.5. The Morgan fingerprint density at radius 2 is 2.28 bits per heavy atom. The number of hydrogen-bond acceptors (Lipinski definition) is 3. The number of aryl methyl sites for hydroxylation is 1. The van der Waals surface area contributed by atoms with Gasteiger partial charge in [0, 0.05) is 0 Å². The summed E-state index contributed by atoms with van der Waals surface area (Å²) in [5, 5.41) is 9.41. The molecule has 0 aliphatic rings. The van der Waals surface area contributed by atoms with Gasteiger partial charge in [0.05, 0.1) is 16.4 Å². The van der Waals surface area contributed by atoms with Gasteiger partial charge in [-0.3, -0.25) is 4.79 Å². The standard InChI is InChI=1S/C13H17N3O2/c1-8-15-10-4-3-9(7-11(10)16-8)13(2,5-6-14)12(17)18/h3-4,7H,5-6,14H2,1-2H3,(H,15,16)(H,17,18). The smallest absolute Gasteiger partial charge is 0.313 e. The molecule has 2 aromatic rings. The number of hydrogen-bond donors (Lipinski definition) is 3. The van der Waals surface area contributed by atoms with Crippen LogP contribution in [0.3, 0.4) is 0 Å². The number of carbonyl (C=O) groups is 1. The predicted octanol–water partition coefficient (Wildman–Crippen LogP) is 1.56. The second-order valence-corrected chi connectivity index (χ2v) is 4.73. The molecule has 0 aliphatic heterocycles. The summed E-state index contributed by atoms with van der Waals surface area (Å²) in [6.07, 6.45) is 0.404. The number of nitrogens with zero attached hydrogens (tertiary/aromatic N) is 1. The number of benzene rings is 1. The molecule has 0 saturated heterocycles. The molecule has 0 spiro atoms. The van der Waals surface area contributed by atoms with E-state index in [4.69, 9.17) is 5.73 Å². The van der Waals surface area contributed by atoms with Gasteiger partial charge in [-0.1, -0.05) is 6.07 Å². The van der Waals surface area contributed by atoms with Crippen LogP contribution in [0.2, 0.25) is 0 Å². The summed E-state index contributed by atoms with van der Waals surface area (Å²) in [5.74, 6) is -0.0402. The van der Waals surface area contributed by atoms with Crippen LogP contribution in [0.25, 0.3) is 11.0 Å². The quantitative estimate of drug-likeness (QED) is 0.764. The molecule has 1 aromatic heterocycles. The number of carboxylic acid groups (broad SMARTS) is 1. The minimum absolute atomic E-state index is 0.336. The summed E-state index contributed by atoms with van der Waals surface area (Å²) in [5.41, 5.74) is 7.01. The number of carboxylic acids is 1. The van der Waals surface area contributed by atoms with Crippen LogP contribution in [0, 0.1) is 6.92 Å². The number of imidazole rings is 1. The zero-order valence-corrected chi connectivity index (χ0v) is 10.5. The Morgan fingerprint density at radius 1 is 1.56 bits per heavy atom. The van der Waals surface area contributed by atoms with Crippen molar-refractivity contribution in [2.75, 3.05) is 6.54 Å². The largest absolute Gasteiger partial charge is 0.481 e. The minimum Gasteiger partial charge on any atom is -0.481 e. The molecule has 0 fully saturated rings. The molecule has 2 rings (SSSR count). The molecule has 0 saturated carbocycles. The Morgan fingerprint density at radius 3 is 2.89 bits per heavy atom. The van der Waals surface area contributed by atoms with Crippen molar-refractivity contribution in [3.8, 4) is 0 Å². The highest BCUT2D eigenvalue weighted by Gasteiger charge is 2.34. The van der Waals surface area contributed by atoms with Gasteiger partial charge in [-0.25, -0.2) is 4.98 Å². The summed E-state index contributed by atoms with van der Waals surface area (Å²) in [7, 11) is 0. The van der Waals surface area contributed by atoms with Crippen molar-refractivity contribution in [2.45, 2.75) is 25.7 Å². The SMILES string of the molecule is Cc1nc2ccc(C(C)(CCN)C(=O)O)cc2[nH]1. The maximum atomic E-state index is 11.5. The van der Waals surface area contributed by atoms with E-state index in [2.05, 4.69) is 9.97 Å². The van der Waals surface area contributed by atoms with Crippen molar-refractivity contribution in [1.29, 1.82) is 0 Å². The minimum atomic E-state index is -0.956. The lowest BCUT2D eigenvalue weighted by molar-refractivity contribution is -0.143. The predicted molar refractivity (Wildman–Crippen MR) is 69.5 cm³/mol. The van der Waals surface area contributed by atoms with Crippen molar-refractivity contribution in [3.63, 3.8) is 0 Å². The molecule has 0 radical (unpaired) electrons. The highest BCUT2D eigenvalue weighted by molar-refractivity contribution is 5.84. The van der Waals surface area contributed by atoms with Crippen LogP contribution in [0.1, 0.15) is 24.7 Å². The molecule has 1 heterocycles. The molecule has 4 N–H and O–H groups in total. The van der Waals surface area contributed by atoms with E-state index >= 15 is 0 Å². The number of nitrogens with one attached hydrogen (secondary N) is 1. The van der Waals surface area contributed by atoms with Crippen LogP contribution < -0.4 is 5.73 Å². The fourth-order valence-electron chi connectivity index (χ4n) is 2.14. The average molecular weight is 247 g/mol. The highest BCUT2D eigenvalue weighted by Crippen LogP contribution is 2.29. The molecule has 96 valence electrons. The number of H-pyrrole nitrogens is 1. The number of nitrogens with two attached hydrogens (primary N) is 1. The van der Waals surface area contributed by atoms with Crippen molar-refractivity contribution in [3.05, 3.63) is 29.6 Å². The van der Waals surface area contributed by atoms with Gasteiger partial charge in [0.1, 0.15) is 5.82 Å². The first kappa shape index (κ1) is 12.6. The lowest BCUT2D eigenvalue weighted by Gasteiger charge is -2.24. The van der Waals surface area contributed by atoms with E-state index < -0.39 is 11.4 Å². The fourth-order valence-corrected chi connectivity index (χ4v) is 2.14. The van der Waals surface area contributed by atoms with Crippen molar-refractivity contribution in [1.82, 2.24) is 9.97 Å². The number of aromatic nitrogens is 2. The number of rotatable bonds is 4. The molecule has 5 heteroatoms. The number of aliphatic carboxylic acids is 1. The second kappa shape index (κ2) is 4.42. The Bertz CT molecular complexity index is 591. The van der Waals surface area contributed by atoms with E-state index in [-0.39, 0.29) is 0 Å². The van der Waals surface area contributed by atoms with E-state index in [1.165, 1.54) is 0 Å². The molecular formula is C13H17N3O2. The Hall–Kier alpha value is -1.88. The third-order valence-corrected chi connectivity index (χ3v) is 3.35. The maximum Gasteiger partial charge on any atom is 0.313 e. The van der Waals surface area contributed by atoms with Gasteiger partial charge in [-0.2, -0.15) is 0 Å². The van der Waals surface area contributed by atoms with Crippen LogP contribution in [0.4, 0.5) is 0 Å². The third-order valence-electron chi connectivity index (χ3n) is 3.35. The summed E-state index contributed by atoms with van der Waals surface area (Å²) in [6, 6.07) is 5.50. The van der Waals surface area contributed by atoms with Gasteiger partial charge >= 0.3 is 5.97 Å². The van der Waals surface area contributed by atoms with E-state index in [0.717, 1.165) is 22.4 Å². The van der Waals surface area contributed by atoms with Crippen molar-refractivity contribution >= 4 is 17.0 Å². The van der Waals surface area contributed by atoms with E-state index in [1.807, 2.05) is 25.1 Å². The monoisotopic (exact) mass is 247 g/mol. The number of fused-ring (bicyclic) bond motifs is 1. The molecule has 1 unspecified atom stereocenters. The van der Waals surface area contributed by atoms with Gasteiger partial charge in [-0.05, 0) is 44.5 Å². The Balaban J connectivity index is 2.54. The van der Waals surface area contributed by atoms with Crippen LogP contribution in [0.15, 0.2) is 18.2 Å². The van der Waals surface area contributed by atoms with Crippen molar-refractivity contribution in [2.24, 2.45) is 5.73 Å². The molecule has 1 aromatic carbocycles. The first-order chi connectivity index (χ1) is 8.47. The number of aromatic amines is 1. The van der Waals surface area contributed by atoms with Crippen molar-refractivity contribution < 1.29 is 9.90 Å². The van der Waals surface area contributed by atoms with Gasteiger partial charge < -0.3 is 15.8 Å². The lowest BCUT2D eigenvalue weighted by Crippen LogP contribution is -2.34. The molecule has 1 atom stereocenters. The highest BCUT2D eigenvalue weighted by atomic mass is 16.4. The van der Waals surface area contributed by atoms with E-state index in [9.17, 15) is 9.90 Å². The molecule has 0 amide bonds. The Kier molecular flexibility index (Phi) is 3.09. The maximum absolute atomic E-state index is 11.5. The Labute approximate surface area is 105 Å². The summed E-state index contributed by atoms with van der Waals surface area (Å²) in [4.78, 5) is 18.9. The van der Waals surface area contributed by atoms with E-state index in [1.54, 1.807) is 6.92 Å². The summed E-state index contributed by atoms with van der Waals surface area (Å²) >= 11 is 0. The third kappa shape index (κ3) is 1.97. The summed E-state index contributed by atoms with van der Waals surface area (Å²) < 4.78 is 0. The van der Waals surface area contributed by atoms with Crippen LogP contribution in [-0.2, 0) is 10.2 Å². The summed E-state index contributed by atoms with van der Waals surface area (Å²) in [6.45, 7) is 3.91. The first-order valence-corrected chi connectivity index (χ1v) is 5.87. The van der Waals surface area contributed by atoms with Crippen LogP contribution >= 0.6 is 0 Å². The normalized spacial score (nSPS) is 14.6. The van der Waals surface area contributed by atoms with Gasteiger partial charge in [0.15, 0.2) is 0 Å². The topological polar surface area (TPSA) is 92.0 Å². The van der Waals surface area contributed by atoms with Crippen LogP contribution in [0.5, 0.6) is 0 Å². The fraction of sp³-hybridized carbons (Fsp3) is 0.385. The molecule has 0 aliphatic carbocycles. The van der Waals surface area contributed by atoms with Gasteiger partial charge in [0.25, 0.3) is 0 Å². The lowest BCUT2D eigenvalue weighted by atomic mass is 9.79. The molecule has 18 heavy (non-hydrogen) atoms. The van der Waals surface area contributed by atoms with Crippen LogP contribution in [-0.4, -0.2) is 27.6 Å². The average Bonchev–Trinajstić information content (AvgIpc) is 2.67. The molecular weight excluding hydrogens is 230 g/mol.